The van der Waals surface area contributed by atoms with E-state index in [0.717, 1.165) is 38.5 Å². The molecule has 1 saturated carbocycles. The molecule has 1 atom stereocenters. The average molecular weight is 440 g/mol. The molecule has 1 aromatic rings. The van der Waals surface area contributed by atoms with Crippen molar-refractivity contribution in [1.29, 1.82) is 0 Å². The summed E-state index contributed by atoms with van der Waals surface area (Å²) in [6.45, 7) is 2.14. The number of nitrogens with zero attached hydrogens (tertiary/aromatic N) is 1. The number of halogens is 1. The van der Waals surface area contributed by atoms with Crippen molar-refractivity contribution in [2.45, 2.75) is 75.3 Å². The van der Waals surface area contributed by atoms with Gasteiger partial charge in [-0.05, 0) is 62.8 Å². The maximum absolute atomic E-state index is 13.6. The molecular weight excluding hydrogens is 409 g/mol. The van der Waals surface area contributed by atoms with E-state index >= 15 is 0 Å². The van der Waals surface area contributed by atoms with Crippen LogP contribution in [-0.2, 0) is 19.6 Å². The van der Waals surface area contributed by atoms with Gasteiger partial charge in [-0.15, -0.1) is 0 Å². The van der Waals surface area contributed by atoms with Gasteiger partial charge in [-0.3, -0.25) is 9.59 Å². The van der Waals surface area contributed by atoms with E-state index < -0.39 is 27.7 Å². The molecule has 7 nitrogen and oxygen atoms in total. The predicted octanol–water partition coefficient (Wildman–Crippen LogP) is 2.24. The van der Waals surface area contributed by atoms with E-state index in [9.17, 15) is 22.4 Å². The zero-order valence-corrected chi connectivity index (χ0v) is 18.1. The molecule has 1 aliphatic heterocycles. The second-order valence-corrected chi connectivity index (χ2v) is 10.1. The van der Waals surface area contributed by atoms with Crippen LogP contribution in [0.15, 0.2) is 23.1 Å². The van der Waals surface area contributed by atoms with Crippen LogP contribution in [-0.4, -0.2) is 49.7 Å². The quantitative estimate of drug-likeness (QED) is 0.665. The van der Waals surface area contributed by atoms with Crippen LogP contribution in [0.2, 0.25) is 0 Å². The molecule has 1 heterocycles. The molecular formula is C21H30FN3O4S. The molecule has 166 valence electrons. The molecule has 0 bridgehead atoms. The van der Waals surface area contributed by atoms with Gasteiger partial charge in [0.2, 0.25) is 10.0 Å². The summed E-state index contributed by atoms with van der Waals surface area (Å²) in [6, 6.07) is 3.61. The lowest BCUT2D eigenvalue weighted by Gasteiger charge is -2.34. The Bertz CT molecular complexity index is 884. The van der Waals surface area contributed by atoms with Crippen molar-refractivity contribution in [3.05, 3.63) is 29.6 Å². The minimum atomic E-state index is -3.76. The first kappa shape index (κ1) is 22.7. The molecule has 0 radical (unpaired) electrons. The normalized spacial score (nSPS) is 20.8. The van der Waals surface area contributed by atoms with Gasteiger partial charge in [-0.25, -0.2) is 12.8 Å². The standard InChI is InChI=1S/C21H30FN3O4S/c1-15-14-18(9-10-19(15)22)30(28,29)25-13-5-4-8-17(25)11-12-23-20(26)21(27)24-16-6-2-3-7-16/h9-10,14,16-17H,2-8,11-13H2,1H3,(H,23,26)(H,24,27). The molecule has 1 aliphatic carbocycles. The Balaban J connectivity index is 1.58. The van der Waals surface area contributed by atoms with Crippen LogP contribution in [0.3, 0.4) is 0 Å². The van der Waals surface area contributed by atoms with E-state index in [0.29, 0.717) is 19.4 Å². The van der Waals surface area contributed by atoms with E-state index in [1.165, 1.54) is 29.4 Å². The van der Waals surface area contributed by atoms with Crippen molar-refractivity contribution in [1.82, 2.24) is 14.9 Å². The molecule has 2 amide bonds. The summed E-state index contributed by atoms with van der Waals surface area (Å²) >= 11 is 0. The first-order valence-electron chi connectivity index (χ1n) is 10.7. The highest BCUT2D eigenvalue weighted by Gasteiger charge is 2.33. The maximum Gasteiger partial charge on any atom is 0.309 e. The van der Waals surface area contributed by atoms with E-state index in [1.54, 1.807) is 0 Å². The van der Waals surface area contributed by atoms with Crippen molar-refractivity contribution in [3.8, 4) is 0 Å². The Morgan fingerprint density at radius 1 is 1.10 bits per heavy atom. The summed E-state index contributed by atoms with van der Waals surface area (Å²) in [5.74, 6) is -1.75. The number of benzene rings is 1. The van der Waals surface area contributed by atoms with E-state index in [1.807, 2.05) is 0 Å². The van der Waals surface area contributed by atoms with Gasteiger partial charge in [0, 0.05) is 25.2 Å². The Morgan fingerprint density at radius 2 is 1.80 bits per heavy atom. The Labute approximate surface area is 177 Å². The smallest absolute Gasteiger partial charge is 0.309 e. The van der Waals surface area contributed by atoms with Crippen LogP contribution in [0.5, 0.6) is 0 Å². The topological polar surface area (TPSA) is 95.6 Å². The zero-order valence-electron chi connectivity index (χ0n) is 17.3. The summed E-state index contributed by atoms with van der Waals surface area (Å²) in [5, 5.41) is 5.35. The number of sulfonamides is 1. The number of hydrogen-bond donors (Lipinski definition) is 2. The third kappa shape index (κ3) is 5.37. The van der Waals surface area contributed by atoms with E-state index in [2.05, 4.69) is 10.6 Å². The fraction of sp³-hybridized carbons (Fsp3) is 0.619. The van der Waals surface area contributed by atoms with Gasteiger partial charge < -0.3 is 10.6 Å². The summed E-state index contributed by atoms with van der Waals surface area (Å²) in [7, 11) is -3.76. The molecule has 30 heavy (non-hydrogen) atoms. The van der Waals surface area contributed by atoms with Gasteiger partial charge >= 0.3 is 11.8 Å². The molecule has 0 spiro atoms. The number of nitrogens with one attached hydrogen (secondary N) is 2. The van der Waals surface area contributed by atoms with Crippen molar-refractivity contribution < 1.29 is 22.4 Å². The van der Waals surface area contributed by atoms with E-state index in [-0.39, 0.29) is 29.1 Å². The minimum absolute atomic E-state index is 0.0707. The van der Waals surface area contributed by atoms with Crippen LogP contribution in [0.25, 0.3) is 0 Å². The number of aryl methyl sites for hydroxylation is 1. The van der Waals surface area contributed by atoms with Gasteiger partial charge in [0.25, 0.3) is 0 Å². The Morgan fingerprint density at radius 3 is 2.50 bits per heavy atom. The molecule has 1 saturated heterocycles. The Kier molecular flexibility index (Phi) is 7.46. The second-order valence-electron chi connectivity index (χ2n) is 8.18. The first-order valence-corrected chi connectivity index (χ1v) is 12.1. The van der Waals surface area contributed by atoms with Gasteiger partial charge in [-0.1, -0.05) is 19.3 Å². The number of carbonyl (C=O) groups excluding carboxylic acids is 2. The monoisotopic (exact) mass is 439 g/mol. The van der Waals surface area contributed by atoms with Crippen LogP contribution < -0.4 is 10.6 Å². The SMILES string of the molecule is Cc1cc(S(=O)(=O)N2CCCCC2CCNC(=O)C(=O)NC2CCCC2)ccc1F. The number of rotatable bonds is 6. The average Bonchev–Trinajstić information content (AvgIpc) is 3.23. The summed E-state index contributed by atoms with van der Waals surface area (Å²) < 4.78 is 41.2. The summed E-state index contributed by atoms with van der Waals surface area (Å²) in [6.07, 6.45) is 6.68. The Hall–Kier alpha value is -2.00. The lowest BCUT2D eigenvalue weighted by Crippen LogP contribution is -2.47. The van der Waals surface area contributed by atoms with Crippen LogP contribution in [0.1, 0.15) is 56.9 Å². The molecule has 0 aromatic heterocycles. The van der Waals surface area contributed by atoms with Crippen molar-refractivity contribution in [2.75, 3.05) is 13.1 Å². The maximum atomic E-state index is 13.6. The highest BCUT2D eigenvalue weighted by Crippen LogP contribution is 2.27. The molecule has 2 N–H and O–H groups in total. The summed E-state index contributed by atoms with van der Waals surface area (Å²) in [4.78, 5) is 24.1. The third-order valence-electron chi connectivity index (χ3n) is 5.97. The number of amides is 2. The van der Waals surface area contributed by atoms with Crippen molar-refractivity contribution in [3.63, 3.8) is 0 Å². The lowest BCUT2D eigenvalue weighted by molar-refractivity contribution is -0.139. The van der Waals surface area contributed by atoms with Gasteiger partial charge in [-0.2, -0.15) is 4.31 Å². The fourth-order valence-electron chi connectivity index (χ4n) is 4.25. The van der Waals surface area contributed by atoms with Gasteiger partial charge in [0.1, 0.15) is 5.82 Å². The molecule has 3 rings (SSSR count). The lowest BCUT2D eigenvalue weighted by atomic mass is 10.0. The highest BCUT2D eigenvalue weighted by atomic mass is 32.2. The molecule has 2 aliphatic rings. The van der Waals surface area contributed by atoms with Crippen molar-refractivity contribution >= 4 is 21.8 Å². The molecule has 2 fully saturated rings. The number of piperidine rings is 1. The van der Waals surface area contributed by atoms with Crippen molar-refractivity contribution in [2.24, 2.45) is 0 Å². The minimum Gasteiger partial charge on any atom is -0.348 e. The number of carbonyl (C=O) groups is 2. The second kappa shape index (κ2) is 9.87. The molecule has 1 aromatic carbocycles. The zero-order chi connectivity index (χ0) is 21.7. The van der Waals surface area contributed by atoms with Crippen LogP contribution in [0.4, 0.5) is 4.39 Å². The van der Waals surface area contributed by atoms with Crippen LogP contribution >= 0.6 is 0 Å². The van der Waals surface area contributed by atoms with Gasteiger partial charge in [0.05, 0.1) is 4.90 Å². The number of hydrogen-bond acceptors (Lipinski definition) is 4. The first-order chi connectivity index (χ1) is 14.3. The largest absolute Gasteiger partial charge is 0.348 e. The fourth-order valence-corrected chi connectivity index (χ4v) is 6.05. The summed E-state index contributed by atoms with van der Waals surface area (Å²) in [5.41, 5.74) is 0.283. The van der Waals surface area contributed by atoms with Crippen LogP contribution in [0, 0.1) is 12.7 Å². The van der Waals surface area contributed by atoms with Gasteiger partial charge in [0.15, 0.2) is 0 Å². The highest BCUT2D eigenvalue weighted by molar-refractivity contribution is 7.89. The predicted molar refractivity (Wildman–Crippen MR) is 111 cm³/mol. The molecule has 9 heteroatoms. The molecule has 1 unspecified atom stereocenters. The van der Waals surface area contributed by atoms with E-state index in [4.69, 9.17) is 0 Å². The third-order valence-corrected chi connectivity index (χ3v) is 7.92.